The summed E-state index contributed by atoms with van der Waals surface area (Å²) in [4.78, 5) is 0. The van der Waals surface area contributed by atoms with Gasteiger partial charge < -0.3 is 0 Å². The van der Waals surface area contributed by atoms with Crippen LogP contribution >= 0.6 is 17.0 Å². The summed E-state index contributed by atoms with van der Waals surface area (Å²) in [7, 11) is 18.2. The fourth-order valence-electron chi connectivity index (χ4n) is 10.9. The molecule has 4 heteroatoms. The van der Waals surface area contributed by atoms with Crippen molar-refractivity contribution in [2.45, 2.75) is 97.4 Å². The minimum absolute atomic E-state index is 0.0769. The molecule has 2 atom stereocenters. The van der Waals surface area contributed by atoms with Gasteiger partial charge in [-0.3, -0.25) is 0 Å². The molecule has 6 aromatic carbocycles. The summed E-state index contributed by atoms with van der Waals surface area (Å²) in [6.07, 6.45) is 11.0. The summed E-state index contributed by atoms with van der Waals surface area (Å²) in [6, 6.07) is 45.6. The van der Waals surface area contributed by atoms with Crippen molar-refractivity contribution < 1.29 is 15.0 Å². The molecule has 0 N–H and O–H groups in total. The molecule has 0 aromatic heterocycles. The summed E-state index contributed by atoms with van der Waals surface area (Å²) < 4.78 is -0.154. The quantitative estimate of drug-likeness (QED) is 0.121. The van der Waals surface area contributed by atoms with Gasteiger partial charge in [-0.2, -0.15) is 0 Å². The van der Waals surface area contributed by atoms with E-state index >= 15 is 0 Å². The van der Waals surface area contributed by atoms with Crippen molar-refractivity contribution in [3.63, 3.8) is 0 Å². The van der Waals surface area contributed by atoms with E-state index in [0.29, 0.717) is 0 Å². The third kappa shape index (κ3) is 5.60. The Morgan fingerprint density at radius 3 is 1.35 bits per heavy atom. The van der Waals surface area contributed by atoms with Crippen molar-refractivity contribution in [1.82, 2.24) is 0 Å². The molecule has 52 heavy (non-hydrogen) atoms. The number of halogens is 2. The standard InChI is InChI=1S/2C23H23.C2H6Si.2ClH.Zr/c2*1-2-3-7-17-14-20-10-6-11-22(23(20)15-17)21-13-12-18-8-4-5-9-19(18)16-21;1-3-2;;;/h2*4-6,8-13,16H,2-3,7,14-15H2,1H3;1-2H3;2*1H;/q;;;;;+2/p-2. The second-order valence-electron chi connectivity index (χ2n) is 16.5. The second kappa shape index (κ2) is 14.0. The van der Waals surface area contributed by atoms with Gasteiger partial charge in [0.1, 0.15) is 0 Å². The zero-order valence-corrected chi connectivity index (χ0v) is 36.3. The number of hydrogen-bond donors (Lipinski definition) is 0. The zero-order valence-electron chi connectivity index (χ0n) is 31.4. The first kappa shape index (κ1) is 36.5. The molecule has 0 saturated heterocycles. The topological polar surface area (TPSA) is 0 Å². The summed E-state index contributed by atoms with van der Waals surface area (Å²) in [5.74, 6) is 0. The van der Waals surface area contributed by atoms with Gasteiger partial charge >= 0.3 is 322 Å². The molecular weight excluding hydrogens is 767 g/mol. The number of hydrogen-bond acceptors (Lipinski definition) is 0. The molecule has 0 spiro atoms. The van der Waals surface area contributed by atoms with Crippen LogP contribution in [0.4, 0.5) is 0 Å². The molecular formula is C48H52Cl2SiZr. The Balaban J connectivity index is 1.29. The molecule has 2 aliphatic rings. The molecule has 266 valence electrons. The van der Waals surface area contributed by atoms with Crippen molar-refractivity contribution in [2.24, 2.45) is 0 Å². The summed E-state index contributed by atoms with van der Waals surface area (Å²) in [5.41, 5.74) is 10.3. The average molecular weight is 819 g/mol. The van der Waals surface area contributed by atoms with Gasteiger partial charge in [0, 0.05) is 0 Å². The number of fused-ring (bicyclic) bond motifs is 4. The SMILES string of the molecule is CCCC[C]1([Zr]([Cl])([Cl])(=[Si](C)C)[C]2(CCCC)Cc3cccc(-c4ccc5ccccc5c4)c3C2)Cc2cccc(-c3ccc4ccccc4c3)c2C1. The van der Waals surface area contributed by atoms with Crippen LogP contribution in [0.25, 0.3) is 43.8 Å². The first-order valence-corrected chi connectivity index (χ1v) is 34.7. The Morgan fingerprint density at radius 2 is 0.942 bits per heavy atom. The molecule has 0 fully saturated rings. The van der Waals surface area contributed by atoms with Crippen LogP contribution in [0.3, 0.4) is 0 Å². The molecule has 0 saturated carbocycles. The molecule has 8 rings (SSSR count). The Hall–Kier alpha value is -2.48. The van der Waals surface area contributed by atoms with Crippen LogP contribution in [0.1, 0.15) is 74.6 Å². The van der Waals surface area contributed by atoms with E-state index in [-0.39, 0.29) is 6.25 Å². The zero-order chi connectivity index (χ0) is 36.2. The van der Waals surface area contributed by atoms with E-state index in [4.69, 9.17) is 17.0 Å². The molecule has 0 nitrogen and oxygen atoms in total. The van der Waals surface area contributed by atoms with E-state index in [0.717, 1.165) is 38.5 Å². The number of benzene rings is 6. The van der Waals surface area contributed by atoms with E-state index in [1.54, 1.807) is 0 Å². The third-order valence-corrected chi connectivity index (χ3v) is 69.5. The van der Waals surface area contributed by atoms with Crippen LogP contribution in [0.5, 0.6) is 0 Å². The van der Waals surface area contributed by atoms with Gasteiger partial charge in [-0.05, 0) is 0 Å². The Bertz CT molecular complexity index is 2240. The van der Waals surface area contributed by atoms with Crippen molar-refractivity contribution >= 4 is 44.0 Å². The summed E-state index contributed by atoms with van der Waals surface area (Å²) in [5, 5.41) is 5.17. The molecule has 6 aromatic rings. The molecule has 0 radical (unpaired) electrons. The van der Waals surface area contributed by atoms with Crippen molar-refractivity contribution in [1.29, 1.82) is 0 Å². The van der Waals surface area contributed by atoms with E-state index in [2.05, 4.69) is 148 Å². The fourth-order valence-corrected chi connectivity index (χ4v) is 48.3. The predicted octanol–water partition coefficient (Wildman–Crippen LogP) is 15.2. The normalized spacial score (nSPS) is 20.0. The minimum atomic E-state index is -4.90. The van der Waals surface area contributed by atoms with E-state index < -0.39 is 20.4 Å². The van der Waals surface area contributed by atoms with Gasteiger partial charge in [0.25, 0.3) is 0 Å². The first-order chi connectivity index (χ1) is 25.1. The average Bonchev–Trinajstić information content (AvgIpc) is 3.77. The molecule has 0 amide bonds. The van der Waals surface area contributed by atoms with E-state index in [1.165, 1.54) is 91.7 Å². The number of rotatable bonds is 10. The Morgan fingerprint density at radius 1 is 0.519 bits per heavy atom. The number of unbranched alkanes of at least 4 members (excludes halogenated alkanes) is 2. The van der Waals surface area contributed by atoms with Crippen molar-refractivity contribution in [3.8, 4) is 22.3 Å². The van der Waals surface area contributed by atoms with Crippen LogP contribution in [0.15, 0.2) is 121 Å². The van der Waals surface area contributed by atoms with E-state index in [1.807, 2.05) is 0 Å². The first-order valence-electron chi connectivity index (χ1n) is 19.7. The van der Waals surface area contributed by atoms with Crippen LogP contribution in [0.2, 0.25) is 19.3 Å². The van der Waals surface area contributed by atoms with Crippen LogP contribution < -0.4 is 0 Å². The molecule has 0 aliphatic heterocycles. The second-order valence-corrected chi connectivity index (χ2v) is 55.8. The van der Waals surface area contributed by atoms with Crippen LogP contribution in [0, 0.1) is 0 Å². The van der Waals surface area contributed by atoms with Crippen LogP contribution in [-0.2, 0) is 40.7 Å². The fraction of sp³-hybridized carbons (Fsp3) is 0.333. The van der Waals surface area contributed by atoms with Gasteiger partial charge in [0.2, 0.25) is 0 Å². The molecule has 2 aliphatic carbocycles. The Kier molecular flexibility index (Phi) is 9.81. The van der Waals surface area contributed by atoms with Gasteiger partial charge in [-0.15, -0.1) is 0 Å². The third-order valence-electron chi connectivity index (χ3n) is 13.5. The molecule has 2 unspecified atom stereocenters. The maximum absolute atomic E-state index is 9.08. The summed E-state index contributed by atoms with van der Waals surface area (Å²) >= 11 is -4.90. The van der Waals surface area contributed by atoms with Gasteiger partial charge in [0.05, 0.1) is 0 Å². The van der Waals surface area contributed by atoms with Crippen molar-refractivity contribution in [3.05, 3.63) is 144 Å². The van der Waals surface area contributed by atoms with Gasteiger partial charge in [-0.25, -0.2) is 0 Å². The van der Waals surface area contributed by atoms with Gasteiger partial charge in [-0.1, -0.05) is 0 Å². The van der Waals surface area contributed by atoms with Crippen molar-refractivity contribution in [2.75, 3.05) is 0 Å². The van der Waals surface area contributed by atoms with Gasteiger partial charge in [0.15, 0.2) is 0 Å². The molecule has 0 bridgehead atoms. The predicted molar refractivity (Wildman–Crippen MR) is 227 cm³/mol. The van der Waals surface area contributed by atoms with E-state index in [9.17, 15) is 0 Å². The maximum atomic E-state index is 9.08. The Labute approximate surface area is 319 Å². The molecule has 0 heterocycles. The summed E-state index contributed by atoms with van der Waals surface area (Å²) in [6.45, 7) is 9.75. The van der Waals surface area contributed by atoms with Crippen LogP contribution in [-0.4, -0.2) is 5.43 Å². The monoisotopic (exact) mass is 816 g/mol.